The van der Waals surface area contributed by atoms with E-state index in [1.165, 1.54) is 5.56 Å². The van der Waals surface area contributed by atoms with Gasteiger partial charge in [0, 0.05) is 31.0 Å². The Labute approximate surface area is 174 Å². The molecule has 1 aromatic carbocycles. The van der Waals surface area contributed by atoms with E-state index in [9.17, 15) is 9.90 Å². The van der Waals surface area contributed by atoms with Crippen LogP contribution in [0.15, 0.2) is 12.1 Å². The fourth-order valence-corrected chi connectivity index (χ4v) is 6.14. The highest BCUT2D eigenvalue weighted by atomic mass is 16.5. The van der Waals surface area contributed by atoms with Gasteiger partial charge in [-0.3, -0.25) is 4.79 Å². The van der Waals surface area contributed by atoms with Gasteiger partial charge in [-0.05, 0) is 67.2 Å². The summed E-state index contributed by atoms with van der Waals surface area (Å²) in [6, 6.07) is 4.02. The Kier molecular flexibility index (Phi) is 5.09. The highest BCUT2D eigenvalue weighted by Crippen LogP contribution is 2.57. The van der Waals surface area contributed by atoms with Gasteiger partial charge in [0.05, 0.1) is 13.2 Å². The number of benzene rings is 1. The van der Waals surface area contributed by atoms with Crippen molar-refractivity contribution in [3.8, 4) is 11.5 Å². The number of hydrogen-bond donors (Lipinski definition) is 1. The normalized spacial score (nSPS) is 33.1. The van der Waals surface area contributed by atoms with E-state index in [2.05, 4.69) is 25.7 Å². The number of fused-ring (bicyclic) bond motifs is 4. The molecule has 160 valence electrons. The number of hydrogen-bond acceptors (Lipinski definition) is 4. The number of phenols is 1. The number of phenolic OH excluding ortho intramolecular Hbond substituents is 1. The van der Waals surface area contributed by atoms with E-state index in [0.29, 0.717) is 17.8 Å². The summed E-state index contributed by atoms with van der Waals surface area (Å²) >= 11 is 0. The second-order valence-corrected chi connectivity index (χ2v) is 9.95. The van der Waals surface area contributed by atoms with Crippen molar-refractivity contribution in [3.63, 3.8) is 0 Å². The lowest BCUT2D eigenvalue weighted by molar-refractivity contribution is -0.150. The summed E-state index contributed by atoms with van der Waals surface area (Å²) in [4.78, 5) is 15.7. The van der Waals surface area contributed by atoms with E-state index >= 15 is 0 Å². The molecule has 2 unspecified atom stereocenters. The van der Waals surface area contributed by atoms with Crippen molar-refractivity contribution in [1.29, 1.82) is 0 Å². The molecule has 2 fully saturated rings. The van der Waals surface area contributed by atoms with Gasteiger partial charge in [-0.15, -0.1) is 0 Å². The first kappa shape index (κ1) is 20.5. The Balaban J connectivity index is 1.65. The number of methoxy groups -OCH3 is 2. The van der Waals surface area contributed by atoms with Crippen molar-refractivity contribution >= 4 is 5.91 Å². The van der Waals surface area contributed by atoms with E-state index in [1.54, 1.807) is 14.2 Å². The highest BCUT2D eigenvalue weighted by molar-refractivity contribution is 5.80. The minimum Gasteiger partial charge on any atom is -0.504 e. The SMILES string of the molecule is COc1cc2c(cc1O)CC1N(C(=O)C3CCC(OC)CC3)CCC2(C)C1(C)C. The first-order valence-corrected chi connectivity index (χ1v) is 11.0. The van der Waals surface area contributed by atoms with Gasteiger partial charge in [0.1, 0.15) is 0 Å². The molecule has 5 nitrogen and oxygen atoms in total. The van der Waals surface area contributed by atoms with Crippen LogP contribution in [0.25, 0.3) is 0 Å². The lowest BCUT2D eigenvalue weighted by atomic mass is 9.51. The molecule has 1 aromatic rings. The number of aromatic hydroxyl groups is 1. The van der Waals surface area contributed by atoms with Gasteiger partial charge < -0.3 is 19.5 Å². The molecule has 2 aliphatic carbocycles. The third-order valence-electron chi connectivity index (χ3n) is 8.54. The Hall–Kier alpha value is -1.75. The fourth-order valence-electron chi connectivity index (χ4n) is 6.14. The van der Waals surface area contributed by atoms with Crippen molar-refractivity contribution in [3.05, 3.63) is 23.3 Å². The van der Waals surface area contributed by atoms with Crippen LogP contribution in [0.5, 0.6) is 11.5 Å². The van der Waals surface area contributed by atoms with Crippen molar-refractivity contribution in [2.24, 2.45) is 11.3 Å². The zero-order chi connectivity index (χ0) is 21.0. The van der Waals surface area contributed by atoms with Crippen LogP contribution in [-0.4, -0.2) is 48.8 Å². The molecule has 2 atom stereocenters. The van der Waals surface area contributed by atoms with Crippen LogP contribution in [0.2, 0.25) is 0 Å². The van der Waals surface area contributed by atoms with Gasteiger partial charge in [-0.25, -0.2) is 0 Å². The van der Waals surface area contributed by atoms with Gasteiger partial charge in [-0.1, -0.05) is 20.8 Å². The predicted octanol–water partition coefficient (Wildman–Crippen LogP) is 4.05. The van der Waals surface area contributed by atoms with Gasteiger partial charge in [-0.2, -0.15) is 0 Å². The lowest BCUT2D eigenvalue weighted by Gasteiger charge is -2.61. The smallest absolute Gasteiger partial charge is 0.225 e. The van der Waals surface area contributed by atoms with Crippen molar-refractivity contribution in [2.75, 3.05) is 20.8 Å². The molecule has 1 N–H and O–H groups in total. The second-order valence-electron chi connectivity index (χ2n) is 9.95. The average molecular weight is 402 g/mol. The molecule has 1 saturated carbocycles. The molecule has 1 saturated heterocycles. The molecular formula is C24H35NO4. The van der Waals surface area contributed by atoms with E-state index in [1.807, 2.05) is 12.1 Å². The number of piperidine rings is 1. The maximum absolute atomic E-state index is 13.5. The summed E-state index contributed by atoms with van der Waals surface area (Å²) in [6.45, 7) is 7.73. The summed E-state index contributed by atoms with van der Waals surface area (Å²) in [7, 11) is 3.37. The molecule has 2 bridgehead atoms. The van der Waals surface area contributed by atoms with Gasteiger partial charge in [0.2, 0.25) is 5.91 Å². The summed E-state index contributed by atoms with van der Waals surface area (Å²) in [5.74, 6) is 1.16. The standard InChI is InChI=1S/C24H35NO4/c1-23(2)21-13-16-12-19(26)20(29-5)14-18(16)24(23,3)10-11-25(21)22(27)15-6-8-17(28-4)9-7-15/h12,14-15,17,21,26H,6-11,13H2,1-5H3. The van der Waals surface area contributed by atoms with Crippen LogP contribution in [0.4, 0.5) is 0 Å². The first-order chi connectivity index (χ1) is 13.7. The van der Waals surface area contributed by atoms with E-state index < -0.39 is 0 Å². The molecule has 1 amide bonds. The number of nitrogens with zero attached hydrogens (tertiary/aromatic N) is 1. The number of carbonyl (C=O) groups is 1. The van der Waals surface area contributed by atoms with Crippen LogP contribution in [0.1, 0.15) is 64.0 Å². The van der Waals surface area contributed by atoms with Gasteiger partial charge >= 0.3 is 0 Å². The minimum absolute atomic E-state index is 0.0559. The van der Waals surface area contributed by atoms with Gasteiger partial charge in [0.25, 0.3) is 0 Å². The minimum atomic E-state index is -0.0588. The molecule has 29 heavy (non-hydrogen) atoms. The maximum atomic E-state index is 13.5. The van der Waals surface area contributed by atoms with Crippen LogP contribution >= 0.6 is 0 Å². The van der Waals surface area contributed by atoms with Crippen molar-refractivity contribution in [1.82, 2.24) is 4.90 Å². The first-order valence-electron chi connectivity index (χ1n) is 11.0. The number of ether oxygens (including phenoxy) is 2. The van der Waals surface area contributed by atoms with Gasteiger partial charge in [0.15, 0.2) is 11.5 Å². The molecule has 4 rings (SSSR count). The fraction of sp³-hybridized carbons (Fsp3) is 0.708. The molecule has 0 radical (unpaired) electrons. The molecule has 3 aliphatic rings. The summed E-state index contributed by atoms with van der Waals surface area (Å²) < 4.78 is 10.9. The summed E-state index contributed by atoms with van der Waals surface area (Å²) in [5.41, 5.74) is 2.30. The molecule has 5 heteroatoms. The number of carbonyl (C=O) groups excluding carboxylic acids is 1. The topological polar surface area (TPSA) is 59.0 Å². The van der Waals surface area contributed by atoms with Crippen molar-refractivity contribution < 1.29 is 19.4 Å². The van der Waals surface area contributed by atoms with Crippen LogP contribution in [0, 0.1) is 11.3 Å². The zero-order valence-electron chi connectivity index (χ0n) is 18.5. The third kappa shape index (κ3) is 3.04. The second kappa shape index (κ2) is 7.19. The highest BCUT2D eigenvalue weighted by Gasteiger charge is 2.57. The zero-order valence-corrected chi connectivity index (χ0v) is 18.5. The monoisotopic (exact) mass is 401 g/mol. The Morgan fingerprint density at radius 2 is 1.83 bits per heavy atom. The summed E-state index contributed by atoms with van der Waals surface area (Å²) in [6.07, 6.45) is 5.82. The predicted molar refractivity (Wildman–Crippen MR) is 112 cm³/mol. The molecular weight excluding hydrogens is 366 g/mol. The van der Waals surface area contributed by atoms with E-state index in [0.717, 1.165) is 50.6 Å². The third-order valence-corrected chi connectivity index (χ3v) is 8.54. The summed E-state index contributed by atoms with van der Waals surface area (Å²) in [5, 5.41) is 10.4. The largest absolute Gasteiger partial charge is 0.504 e. The molecule has 1 heterocycles. The lowest BCUT2D eigenvalue weighted by Crippen LogP contribution is -2.65. The van der Waals surface area contributed by atoms with Crippen LogP contribution in [0.3, 0.4) is 0 Å². The number of amides is 1. The van der Waals surface area contributed by atoms with Crippen LogP contribution < -0.4 is 4.74 Å². The molecule has 0 spiro atoms. The molecule has 0 aromatic heterocycles. The Morgan fingerprint density at radius 1 is 1.14 bits per heavy atom. The number of likely N-dealkylation sites (tertiary alicyclic amines) is 1. The van der Waals surface area contributed by atoms with Crippen LogP contribution in [-0.2, 0) is 21.4 Å². The number of rotatable bonds is 3. The Bertz CT molecular complexity index is 796. The quantitative estimate of drug-likeness (QED) is 0.830. The van der Waals surface area contributed by atoms with E-state index in [-0.39, 0.29) is 28.5 Å². The molecule has 1 aliphatic heterocycles. The van der Waals surface area contributed by atoms with Crippen molar-refractivity contribution in [2.45, 2.75) is 76.9 Å². The maximum Gasteiger partial charge on any atom is 0.225 e. The Morgan fingerprint density at radius 3 is 2.45 bits per heavy atom. The average Bonchev–Trinajstić information content (AvgIpc) is 2.70. The van der Waals surface area contributed by atoms with E-state index in [4.69, 9.17) is 9.47 Å².